The van der Waals surface area contributed by atoms with E-state index >= 15 is 0 Å². The van der Waals surface area contributed by atoms with Gasteiger partial charge in [-0.1, -0.05) is 29.3 Å². The van der Waals surface area contributed by atoms with Crippen LogP contribution in [0.1, 0.15) is 16.8 Å². The minimum atomic E-state index is -1.04. The van der Waals surface area contributed by atoms with Crippen LogP contribution in [0.5, 0.6) is 0 Å². The Morgan fingerprint density at radius 3 is 2.44 bits per heavy atom. The Hall–Kier alpha value is -2.57. The summed E-state index contributed by atoms with van der Waals surface area (Å²) in [4.78, 5) is 36.8. The number of imide groups is 1. The highest BCUT2D eigenvalue weighted by atomic mass is 35.5. The number of carbonyl (C=O) groups is 3. The summed E-state index contributed by atoms with van der Waals surface area (Å²) in [5.74, 6) is -1.88. The number of rotatable bonds is 4. The molecule has 128 valence electrons. The molecule has 25 heavy (non-hydrogen) atoms. The van der Waals surface area contributed by atoms with Gasteiger partial charge in [0.2, 0.25) is 5.91 Å². The van der Waals surface area contributed by atoms with Crippen LogP contribution in [0, 0.1) is 0 Å². The van der Waals surface area contributed by atoms with Crippen LogP contribution in [-0.2, 0) is 9.59 Å². The van der Waals surface area contributed by atoms with Crippen molar-refractivity contribution in [2.75, 3.05) is 10.2 Å². The molecule has 1 aliphatic rings. The third-order valence-corrected chi connectivity index (χ3v) is 4.60. The van der Waals surface area contributed by atoms with Gasteiger partial charge in [-0.05, 0) is 36.4 Å². The zero-order valence-electron chi connectivity index (χ0n) is 12.7. The molecule has 0 saturated carbocycles. The lowest BCUT2D eigenvalue weighted by molar-refractivity contribution is -0.121. The Bertz CT molecular complexity index is 867. The van der Waals surface area contributed by atoms with E-state index in [4.69, 9.17) is 28.3 Å². The van der Waals surface area contributed by atoms with Crippen LogP contribution in [0.2, 0.25) is 10.0 Å². The normalized spacial score (nSPS) is 17.0. The summed E-state index contributed by atoms with van der Waals surface area (Å²) in [5, 5.41) is 12.2. The second-order valence-electron chi connectivity index (χ2n) is 5.42. The van der Waals surface area contributed by atoms with E-state index in [1.54, 1.807) is 18.2 Å². The van der Waals surface area contributed by atoms with Crippen molar-refractivity contribution >= 4 is 52.4 Å². The van der Waals surface area contributed by atoms with E-state index in [9.17, 15) is 14.4 Å². The number of aromatic carboxylic acids is 1. The van der Waals surface area contributed by atoms with E-state index in [2.05, 4.69) is 5.32 Å². The minimum Gasteiger partial charge on any atom is -0.478 e. The minimum absolute atomic E-state index is 0.0393. The molecule has 1 fully saturated rings. The first kappa shape index (κ1) is 17.3. The maximum Gasteiger partial charge on any atom is 0.335 e. The fraction of sp³-hybridized carbons (Fsp3) is 0.118. The van der Waals surface area contributed by atoms with Gasteiger partial charge < -0.3 is 10.4 Å². The maximum atomic E-state index is 12.6. The molecule has 2 N–H and O–H groups in total. The Morgan fingerprint density at radius 1 is 1.12 bits per heavy atom. The highest BCUT2D eigenvalue weighted by Gasteiger charge is 2.40. The zero-order valence-corrected chi connectivity index (χ0v) is 14.2. The van der Waals surface area contributed by atoms with Crippen LogP contribution in [-0.4, -0.2) is 28.9 Å². The predicted octanol–water partition coefficient (Wildman–Crippen LogP) is 3.44. The molecule has 1 atom stereocenters. The van der Waals surface area contributed by atoms with E-state index in [0.717, 1.165) is 4.90 Å². The van der Waals surface area contributed by atoms with Crippen molar-refractivity contribution in [2.24, 2.45) is 0 Å². The van der Waals surface area contributed by atoms with Gasteiger partial charge >= 0.3 is 5.97 Å². The number of nitrogens with zero attached hydrogens (tertiary/aromatic N) is 1. The number of benzene rings is 2. The summed E-state index contributed by atoms with van der Waals surface area (Å²) in [6, 6.07) is 9.86. The number of nitrogens with one attached hydrogen (secondary N) is 1. The van der Waals surface area contributed by atoms with Gasteiger partial charge in [0.1, 0.15) is 6.04 Å². The van der Waals surface area contributed by atoms with Crippen molar-refractivity contribution in [3.05, 3.63) is 58.1 Å². The van der Waals surface area contributed by atoms with Gasteiger partial charge in [-0.25, -0.2) is 9.69 Å². The van der Waals surface area contributed by atoms with Crippen LogP contribution >= 0.6 is 23.2 Å². The van der Waals surface area contributed by atoms with Crippen LogP contribution < -0.4 is 10.2 Å². The molecule has 0 aliphatic carbocycles. The van der Waals surface area contributed by atoms with Crippen molar-refractivity contribution in [3.8, 4) is 0 Å². The highest BCUT2D eigenvalue weighted by molar-refractivity contribution is 6.45. The molecule has 2 amide bonds. The molecule has 0 unspecified atom stereocenters. The van der Waals surface area contributed by atoms with Crippen molar-refractivity contribution in [2.45, 2.75) is 12.5 Å². The van der Waals surface area contributed by atoms with Crippen LogP contribution in [0.15, 0.2) is 42.5 Å². The Labute approximate surface area is 153 Å². The summed E-state index contributed by atoms with van der Waals surface area (Å²) < 4.78 is 0. The van der Waals surface area contributed by atoms with Gasteiger partial charge in [-0.3, -0.25) is 9.59 Å². The standard InChI is InChI=1S/C17H12Cl2N2O4/c18-11-2-1-3-13(15(11)19)21-14(22)8-12(16(21)23)20-10-6-4-9(5-7-10)17(24)25/h1-7,12,20H,8H2,(H,24,25)/t12-/m0/s1. The third-order valence-electron chi connectivity index (χ3n) is 3.79. The molecule has 0 radical (unpaired) electrons. The van der Waals surface area contributed by atoms with Gasteiger partial charge in [0, 0.05) is 5.69 Å². The number of carboxylic acid groups (broad SMARTS) is 1. The molecule has 6 nitrogen and oxygen atoms in total. The summed E-state index contributed by atoms with van der Waals surface area (Å²) in [7, 11) is 0. The van der Waals surface area contributed by atoms with Gasteiger partial charge in [-0.15, -0.1) is 0 Å². The Kier molecular flexibility index (Phi) is 4.65. The third kappa shape index (κ3) is 3.31. The Morgan fingerprint density at radius 2 is 1.80 bits per heavy atom. The molecule has 8 heteroatoms. The number of anilines is 2. The second-order valence-corrected chi connectivity index (χ2v) is 6.21. The molecule has 2 aromatic carbocycles. The van der Waals surface area contributed by atoms with E-state index in [0.29, 0.717) is 5.69 Å². The number of carbonyl (C=O) groups excluding carboxylic acids is 2. The van der Waals surface area contributed by atoms with Crippen molar-refractivity contribution in [3.63, 3.8) is 0 Å². The molecule has 1 aliphatic heterocycles. The fourth-order valence-corrected chi connectivity index (χ4v) is 2.95. The summed E-state index contributed by atoms with van der Waals surface area (Å²) >= 11 is 12.1. The molecule has 1 heterocycles. The smallest absolute Gasteiger partial charge is 0.335 e. The number of halogens is 2. The first-order valence-electron chi connectivity index (χ1n) is 7.29. The quantitative estimate of drug-likeness (QED) is 0.795. The largest absolute Gasteiger partial charge is 0.478 e. The molecular weight excluding hydrogens is 367 g/mol. The van der Waals surface area contributed by atoms with E-state index in [1.165, 1.54) is 24.3 Å². The molecule has 1 saturated heterocycles. The van der Waals surface area contributed by atoms with E-state index in [-0.39, 0.29) is 27.7 Å². The Balaban J connectivity index is 1.81. The van der Waals surface area contributed by atoms with Crippen molar-refractivity contribution in [1.29, 1.82) is 0 Å². The summed E-state index contributed by atoms with van der Waals surface area (Å²) in [6.45, 7) is 0. The van der Waals surface area contributed by atoms with Crippen molar-refractivity contribution < 1.29 is 19.5 Å². The highest BCUT2D eigenvalue weighted by Crippen LogP contribution is 2.35. The lowest BCUT2D eigenvalue weighted by Crippen LogP contribution is -2.35. The van der Waals surface area contributed by atoms with Crippen molar-refractivity contribution in [1.82, 2.24) is 0 Å². The molecule has 2 aromatic rings. The SMILES string of the molecule is O=C(O)c1ccc(N[C@H]2CC(=O)N(c3cccc(Cl)c3Cl)C2=O)cc1. The second kappa shape index (κ2) is 6.74. The molecule has 3 rings (SSSR count). The lowest BCUT2D eigenvalue weighted by Gasteiger charge is -2.17. The topological polar surface area (TPSA) is 86.7 Å². The average molecular weight is 379 g/mol. The fourth-order valence-electron chi connectivity index (χ4n) is 2.57. The summed E-state index contributed by atoms with van der Waals surface area (Å²) in [6.07, 6.45) is -0.0393. The number of amides is 2. The lowest BCUT2D eigenvalue weighted by atomic mass is 10.2. The predicted molar refractivity (Wildman–Crippen MR) is 94.4 cm³/mol. The van der Waals surface area contributed by atoms with Gasteiger partial charge in [0.15, 0.2) is 0 Å². The van der Waals surface area contributed by atoms with Crippen LogP contribution in [0.3, 0.4) is 0 Å². The molecular formula is C17H12Cl2N2O4. The first-order valence-corrected chi connectivity index (χ1v) is 8.05. The van der Waals surface area contributed by atoms with Gasteiger partial charge in [0.05, 0.1) is 27.7 Å². The first-order chi connectivity index (χ1) is 11.9. The average Bonchev–Trinajstić information content (AvgIpc) is 2.85. The number of carboxylic acids is 1. The van der Waals surface area contributed by atoms with E-state index in [1.807, 2.05) is 0 Å². The van der Waals surface area contributed by atoms with Gasteiger partial charge in [-0.2, -0.15) is 0 Å². The maximum absolute atomic E-state index is 12.6. The molecule has 0 bridgehead atoms. The zero-order chi connectivity index (χ0) is 18.1. The molecule has 0 spiro atoms. The number of hydrogen-bond donors (Lipinski definition) is 2. The van der Waals surface area contributed by atoms with Crippen LogP contribution in [0.4, 0.5) is 11.4 Å². The van der Waals surface area contributed by atoms with Crippen LogP contribution in [0.25, 0.3) is 0 Å². The summed E-state index contributed by atoms with van der Waals surface area (Å²) in [5.41, 5.74) is 0.914. The molecule has 0 aromatic heterocycles. The van der Waals surface area contributed by atoms with Gasteiger partial charge in [0.25, 0.3) is 5.91 Å². The van der Waals surface area contributed by atoms with E-state index < -0.39 is 23.8 Å². The monoisotopic (exact) mass is 378 g/mol. The number of hydrogen-bond acceptors (Lipinski definition) is 4.